The van der Waals surface area contributed by atoms with Gasteiger partial charge in [-0.15, -0.1) is 24.2 Å². The summed E-state index contributed by atoms with van der Waals surface area (Å²) >= 11 is 1.80. The fourth-order valence-electron chi connectivity index (χ4n) is 3.41. The highest BCUT2D eigenvalue weighted by Gasteiger charge is 2.20. The van der Waals surface area contributed by atoms with Crippen molar-refractivity contribution >= 4 is 38.3 Å². The van der Waals surface area contributed by atoms with Crippen LogP contribution >= 0.6 is 11.3 Å². The van der Waals surface area contributed by atoms with Crippen molar-refractivity contribution < 1.29 is 4.74 Å². The Morgan fingerprint density at radius 3 is 2.82 bits per heavy atom. The van der Waals surface area contributed by atoms with Crippen LogP contribution < -0.4 is 4.90 Å². The van der Waals surface area contributed by atoms with Crippen molar-refractivity contribution in [2.45, 2.75) is 13.3 Å². The molecule has 1 aliphatic rings. The number of hydrogen-bond donors (Lipinski definition) is 1. The summed E-state index contributed by atoms with van der Waals surface area (Å²) in [6, 6.07) is 8.30. The first-order chi connectivity index (χ1) is 13.8. The van der Waals surface area contributed by atoms with Gasteiger partial charge in [0.2, 0.25) is 0 Å². The summed E-state index contributed by atoms with van der Waals surface area (Å²) in [4.78, 5) is 13.6. The lowest BCUT2D eigenvalue weighted by Gasteiger charge is -2.28. The number of morpholine rings is 1. The van der Waals surface area contributed by atoms with E-state index in [1.807, 2.05) is 18.3 Å². The highest BCUT2D eigenvalue weighted by atomic mass is 32.1. The monoisotopic (exact) mass is 391 g/mol. The topological polar surface area (TPSA) is 66.9 Å². The Bertz CT molecular complexity index is 1120. The molecule has 1 fully saturated rings. The van der Waals surface area contributed by atoms with Crippen LogP contribution in [0.15, 0.2) is 30.5 Å². The van der Waals surface area contributed by atoms with Crippen molar-refractivity contribution in [1.29, 1.82) is 0 Å². The number of fused-ring (bicyclic) bond motifs is 2. The molecule has 5 rings (SSSR count). The number of nitrogens with zero attached hydrogens (tertiary/aromatic N) is 4. The largest absolute Gasteiger partial charge is 0.378 e. The Morgan fingerprint density at radius 2 is 2.04 bits per heavy atom. The average Bonchev–Trinajstić information content (AvgIpc) is 3.41. The molecule has 6 nitrogen and oxygen atoms in total. The van der Waals surface area contributed by atoms with Crippen LogP contribution in [0.3, 0.4) is 0 Å². The lowest BCUT2D eigenvalue weighted by molar-refractivity contribution is 0.122. The molecule has 7 heteroatoms. The summed E-state index contributed by atoms with van der Waals surface area (Å²) in [6.07, 6.45) is 10.9. The van der Waals surface area contributed by atoms with E-state index in [1.54, 1.807) is 11.3 Å². The second-order valence-corrected chi connectivity index (χ2v) is 7.52. The van der Waals surface area contributed by atoms with Crippen molar-refractivity contribution in [3.63, 3.8) is 0 Å². The number of ether oxygens (including phenoxy) is 1. The third kappa shape index (κ3) is 3.21. The van der Waals surface area contributed by atoms with E-state index in [0.29, 0.717) is 0 Å². The van der Waals surface area contributed by atoms with Gasteiger partial charge in [-0.2, -0.15) is 5.10 Å². The predicted octanol–water partition coefficient (Wildman–Crippen LogP) is 3.88. The summed E-state index contributed by atoms with van der Waals surface area (Å²) < 4.78 is 6.70. The highest BCUT2D eigenvalue weighted by molar-refractivity contribution is 7.19. The lowest BCUT2D eigenvalue weighted by Crippen LogP contribution is -2.36. The van der Waals surface area contributed by atoms with E-state index in [4.69, 9.17) is 14.7 Å². The molecule has 0 bridgehead atoms. The van der Waals surface area contributed by atoms with Gasteiger partial charge in [0.1, 0.15) is 0 Å². The third-order valence-corrected chi connectivity index (χ3v) is 6.05. The molecule has 0 spiro atoms. The Morgan fingerprint density at radius 1 is 1.21 bits per heavy atom. The maximum Gasteiger partial charge on any atom is 0.162 e. The van der Waals surface area contributed by atoms with Crippen molar-refractivity contribution in [1.82, 2.24) is 20.2 Å². The zero-order valence-corrected chi connectivity index (χ0v) is 16.5. The SMILES string of the molecule is C#C.CCc1cc2nc(-c3cccc4[nH]ncc34)nc(N3CCOCC3)c2s1. The first-order valence-electron chi connectivity index (χ1n) is 9.22. The fraction of sp³-hybridized carbons (Fsp3) is 0.286. The van der Waals surface area contributed by atoms with Crippen LogP contribution in [-0.2, 0) is 11.2 Å². The lowest BCUT2D eigenvalue weighted by atomic mass is 10.1. The molecule has 1 saturated heterocycles. The molecule has 4 aromatic rings. The molecule has 1 aromatic carbocycles. The summed E-state index contributed by atoms with van der Waals surface area (Å²) in [5.41, 5.74) is 3.04. The highest BCUT2D eigenvalue weighted by Crippen LogP contribution is 2.35. The van der Waals surface area contributed by atoms with E-state index in [1.165, 1.54) is 9.58 Å². The number of aromatic amines is 1. The number of thiophene rings is 1. The molecule has 1 aliphatic heterocycles. The van der Waals surface area contributed by atoms with Gasteiger partial charge < -0.3 is 9.64 Å². The molecule has 3 aromatic heterocycles. The van der Waals surface area contributed by atoms with Crippen molar-refractivity contribution in [2.24, 2.45) is 0 Å². The van der Waals surface area contributed by atoms with E-state index >= 15 is 0 Å². The maximum absolute atomic E-state index is 5.53. The normalized spacial score (nSPS) is 14.2. The van der Waals surface area contributed by atoms with E-state index in [2.05, 4.69) is 47.0 Å². The van der Waals surface area contributed by atoms with Gasteiger partial charge in [-0.25, -0.2) is 9.97 Å². The number of nitrogens with one attached hydrogen (secondary N) is 1. The number of terminal acetylenes is 1. The molecule has 142 valence electrons. The summed E-state index contributed by atoms with van der Waals surface area (Å²) in [5, 5.41) is 8.25. The van der Waals surface area contributed by atoms with Gasteiger partial charge in [-0.05, 0) is 18.6 Å². The number of aromatic nitrogens is 4. The maximum atomic E-state index is 5.53. The standard InChI is InChI=1S/C19H19N5OS.C2H2/c1-2-12-10-16-17(26-12)19(24-6-8-25-9-7-24)22-18(21-16)13-4-3-5-15-14(13)11-20-23-15;1-2/h3-5,10-11H,2,6-9H2,1H3,(H,20,23);1-2H. The van der Waals surface area contributed by atoms with Crippen molar-refractivity contribution in [3.8, 4) is 24.2 Å². The zero-order valence-electron chi connectivity index (χ0n) is 15.7. The van der Waals surface area contributed by atoms with Gasteiger partial charge in [0.15, 0.2) is 11.6 Å². The minimum absolute atomic E-state index is 0.740. The van der Waals surface area contributed by atoms with Gasteiger partial charge in [-0.1, -0.05) is 19.1 Å². The van der Waals surface area contributed by atoms with Crippen LogP contribution in [-0.4, -0.2) is 46.5 Å². The first-order valence-corrected chi connectivity index (χ1v) is 10.0. The second-order valence-electron chi connectivity index (χ2n) is 6.39. The molecule has 0 radical (unpaired) electrons. The number of anilines is 1. The second kappa shape index (κ2) is 7.97. The Hall–Kier alpha value is -2.95. The number of benzene rings is 1. The van der Waals surface area contributed by atoms with E-state index in [0.717, 1.165) is 66.3 Å². The minimum atomic E-state index is 0.740. The Kier molecular flexibility index (Phi) is 5.24. The van der Waals surface area contributed by atoms with Crippen LogP contribution in [0.1, 0.15) is 11.8 Å². The molecule has 0 saturated carbocycles. The van der Waals surface area contributed by atoms with E-state index in [-0.39, 0.29) is 0 Å². The quantitative estimate of drug-likeness (QED) is 0.537. The van der Waals surface area contributed by atoms with Crippen LogP contribution in [0.4, 0.5) is 5.82 Å². The van der Waals surface area contributed by atoms with Gasteiger partial charge in [-0.3, -0.25) is 5.10 Å². The molecular weight excluding hydrogens is 370 g/mol. The van der Waals surface area contributed by atoms with Crippen LogP contribution in [0, 0.1) is 12.8 Å². The molecule has 0 amide bonds. The fourth-order valence-corrected chi connectivity index (χ4v) is 4.46. The number of aryl methyl sites for hydroxylation is 1. The number of H-pyrrole nitrogens is 1. The molecule has 0 unspecified atom stereocenters. The smallest absolute Gasteiger partial charge is 0.162 e. The van der Waals surface area contributed by atoms with Gasteiger partial charge >= 0.3 is 0 Å². The summed E-state index contributed by atoms with van der Waals surface area (Å²) in [7, 11) is 0. The van der Waals surface area contributed by atoms with Crippen LogP contribution in [0.25, 0.3) is 32.5 Å². The average molecular weight is 392 g/mol. The summed E-state index contributed by atoms with van der Waals surface area (Å²) in [5.74, 6) is 1.78. The molecule has 1 N–H and O–H groups in total. The molecule has 28 heavy (non-hydrogen) atoms. The van der Waals surface area contributed by atoms with Crippen LogP contribution in [0.5, 0.6) is 0 Å². The molecular formula is C21H21N5OS. The van der Waals surface area contributed by atoms with Crippen molar-refractivity contribution in [2.75, 3.05) is 31.2 Å². The Labute approximate surface area is 167 Å². The molecule has 4 heterocycles. The predicted molar refractivity (Wildman–Crippen MR) is 115 cm³/mol. The van der Waals surface area contributed by atoms with E-state index < -0.39 is 0 Å². The summed E-state index contributed by atoms with van der Waals surface area (Å²) in [6.45, 7) is 5.38. The number of hydrogen-bond acceptors (Lipinski definition) is 6. The van der Waals surface area contributed by atoms with Gasteiger partial charge in [0.05, 0.1) is 35.1 Å². The molecule has 0 aliphatic carbocycles. The van der Waals surface area contributed by atoms with Crippen molar-refractivity contribution in [3.05, 3.63) is 35.3 Å². The first kappa shape index (κ1) is 18.4. The van der Waals surface area contributed by atoms with Gasteiger partial charge in [0.25, 0.3) is 0 Å². The molecule has 0 atom stereocenters. The zero-order chi connectivity index (χ0) is 19.5. The van der Waals surface area contributed by atoms with Crippen LogP contribution in [0.2, 0.25) is 0 Å². The number of rotatable bonds is 3. The minimum Gasteiger partial charge on any atom is -0.378 e. The third-order valence-electron chi connectivity index (χ3n) is 4.79. The van der Waals surface area contributed by atoms with E-state index in [9.17, 15) is 0 Å². The van der Waals surface area contributed by atoms with Gasteiger partial charge in [0, 0.05) is 28.9 Å². The Balaban J connectivity index is 0.000000932.